The zero-order valence-electron chi connectivity index (χ0n) is 14.5. The molecule has 25 heavy (non-hydrogen) atoms. The van der Waals surface area contributed by atoms with E-state index in [-0.39, 0.29) is 6.85 Å². The zero-order valence-corrected chi connectivity index (χ0v) is 14.5. The van der Waals surface area contributed by atoms with Crippen LogP contribution in [-0.4, -0.2) is 33.2 Å². The van der Waals surface area contributed by atoms with Crippen LogP contribution in [0.25, 0.3) is 11.0 Å². The Balaban J connectivity index is 1.51. The molecule has 0 amide bonds. The summed E-state index contributed by atoms with van der Waals surface area (Å²) >= 11 is 0. The summed E-state index contributed by atoms with van der Waals surface area (Å²) in [5.41, 5.74) is 4.32. The molecule has 2 aromatic rings. The Morgan fingerprint density at radius 2 is 2.04 bits per heavy atom. The number of rotatable bonds is 1. The zero-order chi connectivity index (χ0) is 16.8. The Labute approximate surface area is 147 Å². The Morgan fingerprint density at radius 1 is 1.24 bits per heavy atom. The molecule has 6 heteroatoms. The van der Waals surface area contributed by atoms with E-state index in [0.29, 0.717) is 17.8 Å². The van der Waals surface area contributed by atoms with Gasteiger partial charge < -0.3 is 15.4 Å². The average molecular weight is 334 g/mol. The van der Waals surface area contributed by atoms with Crippen LogP contribution in [0.4, 0.5) is 0 Å². The lowest BCUT2D eigenvalue weighted by Gasteiger charge is -2.58. The Hall–Kier alpha value is -1.82. The molecule has 5 nitrogen and oxygen atoms in total. The Kier molecular flexibility index (Phi) is 2.68. The smallest absolute Gasteiger partial charge is 0.304 e. The maximum absolute atomic E-state index is 10.9. The first kappa shape index (κ1) is 14.4. The highest BCUT2D eigenvalue weighted by Crippen LogP contribution is 2.59. The van der Waals surface area contributed by atoms with Gasteiger partial charge in [0, 0.05) is 29.3 Å². The van der Waals surface area contributed by atoms with E-state index in [1.165, 1.54) is 35.0 Å². The van der Waals surface area contributed by atoms with Crippen LogP contribution in [0.1, 0.15) is 37.7 Å². The summed E-state index contributed by atoms with van der Waals surface area (Å²) in [6.07, 6.45) is 9.43. The number of hydrogen-bond acceptors (Lipinski definition) is 4. The molecule has 4 saturated carbocycles. The highest BCUT2D eigenvalue weighted by molar-refractivity contribution is 6.72. The summed E-state index contributed by atoms with van der Waals surface area (Å²) in [5, 5.41) is 20.3. The van der Waals surface area contributed by atoms with Gasteiger partial charge in [-0.15, -0.1) is 0 Å². The van der Waals surface area contributed by atoms with Crippen LogP contribution < -0.4 is 10.8 Å². The number of nitrogens with zero attached hydrogens (tertiary/aromatic N) is 2. The monoisotopic (exact) mass is 334 g/mol. The second-order valence-corrected chi connectivity index (χ2v) is 8.90. The number of aliphatic hydroxyl groups is 1. The first-order chi connectivity index (χ1) is 12.1. The van der Waals surface area contributed by atoms with E-state index in [0.717, 1.165) is 30.8 Å². The lowest BCUT2D eigenvalue weighted by atomic mass is 9.48. The van der Waals surface area contributed by atoms with Gasteiger partial charge in [0.25, 0.3) is 0 Å². The van der Waals surface area contributed by atoms with Crippen molar-refractivity contribution in [3.8, 4) is 0 Å². The second-order valence-electron chi connectivity index (χ2n) is 8.90. The van der Waals surface area contributed by atoms with Crippen LogP contribution in [0.5, 0.6) is 0 Å². The van der Waals surface area contributed by atoms with Crippen LogP contribution >= 0.6 is 0 Å². The molecule has 0 radical (unpaired) electrons. The van der Waals surface area contributed by atoms with Crippen molar-refractivity contribution >= 4 is 29.1 Å². The van der Waals surface area contributed by atoms with E-state index in [9.17, 15) is 5.11 Å². The molecule has 2 aromatic heterocycles. The van der Waals surface area contributed by atoms with Crippen molar-refractivity contribution in [2.45, 2.75) is 44.5 Å². The van der Waals surface area contributed by atoms with E-state index in [2.05, 4.69) is 28.2 Å². The van der Waals surface area contributed by atoms with E-state index < -0.39 is 5.60 Å². The van der Waals surface area contributed by atoms with Gasteiger partial charge in [-0.05, 0) is 61.4 Å². The third-order valence-corrected chi connectivity index (χ3v) is 7.27. The molecular weight excluding hydrogens is 311 g/mol. The predicted octanol–water partition coefficient (Wildman–Crippen LogP) is 1.89. The van der Waals surface area contributed by atoms with Gasteiger partial charge in [0.05, 0.1) is 11.3 Å². The molecule has 0 aromatic carbocycles. The summed E-state index contributed by atoms with van der Waals surface area (Å²) in [4.78, 5) is 7.85. The number of aromatic amines is 1. The van der Waals surface area contributed by atoms with Crippen molar-refractivity contribution in [3.05, 3.63) is 24.0 Å². The van der Waals surface area contributed by atoms with Crippen LogP contribution in [0.3, 0.4) is 0 Å². The molecule has 7 rings (SSSR count). The van der Waals surface area contributed by atoms with E-state index >= 15 is 0 Å². The molecule has 0 spiro atoms. The molecule has 5 aliphatic rings. The minimum absolute atomic E-state index is 0.187. The molecule has 5 atom stereocenters. The van der Waals surface area contributed by atoms with Gasteiger partial charge in [0.1, 0.15) is 5.65 Å². The third-order valence-electron chi connectivity index (χ3n) is 7.27. The predicted molar refractivity (Wildman–Crippen MR) is 99.0 cm³/mol. The first-order valence-corrected chi connectivity index (χ1v) is 9.63. The number of fused-ring (bicyclic) bond motifs is 3. The summed E-state index contributed by atoms with van der Waals surface area (Å²) in [5.74, 6) is 2.33. The topological polar surface area (TPSA) is 73.3 Å². The maximum Gasteiger partial charge on any atom is 0.304 e. The molecule has 1 aliphatic heterocycles. The molecule has 4 fully saturated rings. The summed E-state index contributed by atoms with van der Waals surface area (Å²) in [6, 6.07) is 2.14. The molecule has 128 valence electrons. The molecule has 4 bridgehead atoms. The average Bonchev–Trinajstić information content (AvgIpc) is 3.03. The molecule has 4 aliphatic carbocycles. The minimum atomic E-state index is -0.395. The fourth-order valence-corrected chi connectivity index (χ4v) is 6.60. The Bertz CT molecular complexity index is 890. The van der Waals surface area contributed by atoms with Gasteiger partial charge in [-0.2, -0.15) is 5.10 Å². The lowest BCUT2D eigenvalue weighted by Crippen LogP contribution is -2.58. The number of nitrogens with one attached hydrogen (secondary N) is 2. The third kappa shape index (κ3) is 1.89. The second kappa shape index (κ2) is 4.67. The molecule has 3 N–H and O–H groups in total. The van der Waals surface area contributed by atoms with Gasteiger partial charge in [-0.1, -0.05) is 6.82 Å². The highest BCUT2D eigenvalue weighted by Gasteiger charge is 2.56. The normalized spacial score (nSPS) is 38.6. The van der Waals surface area contributed by atoms with Crippen molar-refractivity contribution in [1.82, 2.24) is 15.3 Å². The van der Waals surface area contributed by atoms with Gasteiger partial charge in [0.15, 0.2) is 0 Å². The van der Waals surface area contributed by atoms with Gasteiger partial charge in [0.2, 0.25) is 0 Å². The SMILES string of the molecule is CB1NN=C(C2[C@@H]3CC4C[C@H]2CC(O)(C4)C3)c2c1cnc1[nH]ccc21. The largest absolute Gasteiger partial charge is 0.390 e. The van der Waals surface area contributed by atoms with Gasteiger partial charge >= 0.3 is 6.85 Å². The van der Waals surface area contributed by atoms with Crippen molar-refractivity contribution < 1.29 is 5.11 Å². The number of hydrazone groups is 1. The van der Waals surface area contributed by atoms with Crippen molar-refractivity contribution in [2.75, 3.05) is 0 Å². The molecular formula is C19H23BN4O. The van der Waals surface area contributed by atoms with Crippen LogP contribution in [0, 0.1) is 23.7 Å². The van der Waals surface area contributed by atoms with Crippen molar-refractivity contribution in [1.29, 1.82) is 0 Å². The number of aromatic nitrogens is 2. The summed E-state index contributed by atoms with van der Waals surface area (Å²) in [6.45, 7) is 2.34. The quantitative estimate of drug-likeness (QED) is 0.697. The lowest BCUT2D eigenvalue weighted by molar-refractivity contribution is -0.137. The summed E-state index contributed by atoms with van der Waals surface area (Å²) < 4.78 is 0. The number of hydrogen-bond donors (Lipinski definition) is 3. The molecule has 3 unspecified atom stereocenters. The van der Waals surface area contributed by atoms with Crippen molar-refractivity contribution in [2.24, 2.45) is 28.8 Å². The molecule has 3 heterocycles. The minimum Gasteiger partial charge on any atom is -0.390 e. The van der Waals surface area contributed by atoms with Crippen LogP contribution in [-0.2, 0) is 0 Å². The van der Waals surface area contributed by atoms with Crippen molar-refractivity contribution in [3.63, 3.8) is 0 Å². The fourth-order valence-electron chi connectivity index (χ4n) is 6.60. The fraction of sp³-hybridized carbons (Fsp3) is 0.579. The van der Waals surface area contributed by atoms with Gasteiger partial charge in [-0.25, -0.2) is 4.98 Å². The number of pyridine rings is 1. The number of H-pyrrole nitrogens is 1. The standard InChI is InChI=1S/C19H23BN4O/c1-20-14-9-22-18-13(2-3-21-18)16(14)17(23-24-20)15-11-4-10-5-12(15)8-19(25,6-10)7-11/h2-3,9-12,15,24-25H,4-8H2,1H3,(H,21,22)/t10?,11-,12+,15?,19?. The first-order valence-electron chi connectivity index (χ1n) is 9.63. The van der Waals surface area contributed by atoms with Gasteiger partial charge in [-0.3, -0.25) is 0 Å². The van der Waals surface area contributed by atoms with Crippen LogP contribution in [0.15, 0.2) is 23.6 Å². The Morgan fingerprint density at radius 3 is 2.80 bits per heavy atom. The highest BCUT2D eigenvalue weighted by atomic mass is 16.3. The van der Waals surface area contributed by atoms with E-state index in [1.807, 2.05) is 12.4 Å². The summed E-state index contributed by atoms with van der Waals surface area (Å²) in [7, 11) is 0. The van der Waals surface area contributed by atoms with E-state index in [1.54, 1.807) is 0 Å². The maximum atomic E-state index is 10.9. The van der Waals surface area contributed by atoms with E-state index in [4.69, 9.17) is 5.10 Å². The van der Waals surface area contributed by atoms with Crippen LogP contribution in [0.2, 0.25) is 6.82 Å². The molecule has 0 saturated heterocycles.